The topological polar surface area (TPSA) is 52.3 Å². The maximum absolute atomic E-state index is 6.46. The van der Waals surface area contributed by atoms with Crippen molar-refractivity contribution in [3.8, 4) is 33.4 Å². The van der Waals surface area contributed by atoms with E-state index in [0.29, 0.717) is 0 Å². The Labute approximate surface area is 334 Å². The molecular weight excluding hydrogens is 695 g/mol. The van der Waals surface area contributed by atoms with Gasteiger partial charge in [0.15, 0.2) is 0 Å². The molecule has 2 N–H and O–H groups in total. The second-order valence-electron chi connectivity index (χ2n) is 13.9. The number of hydrogen-bond acceptors (Lipinski definition) is 3. The molecule has 57 heavy (non-hydrogen) atoms. The number of para-hydroxylation sites is 2. The number of allylic oxidation sites excluding steroid dienone is 1. The van der Waals surface area contributed by atoms with E-state index in [0.717, 1.165) is 61.9 Å². The van der Waals surface area contributed by atoms with Gasteiger partial charge in [-0.05, 0) is 82.6 Å². The van der Waals surface area contributed by atoms with Crippen LogP contribution in [-0.4, -0.2) is 0 Å². The van der Waals surface area contributed by atoms with E-state index in [1.54, 1.807) is 0 Å². The van der Waals surface area contributed by atoms with Gasteiger partial charge < -0.3 is 14.6 Å². The van der Waals surface area contributed by atoms with Crippen LogP contribution in [0.2, 0.25) is 0 Å². The maximum Gasteiger partial charge on any atom is 0.143 e. The first-order chi connectivity index (χ1) is 28.1. The number of benzene rings is 8. The van der Waals surface area contributed by atoms with Crippen LogP contribution >= 0.6 is 0 Å². The minimum Gasteiger partial charge on any atom is -0.456 e. The predicted molar refractivity (Wildman–Crippen MR) is 242 cm³/mol. The van der Waals surface area contributed by atoms with Gasteiger partial charge in [-0.25, -0.2) is 0 Å². The number of nitrogens with two attached hydrogens (primary N) is 1. The van der Waals surface area contributed by atoms with E-state index in [-0.39, 0.29) is 0 Å². The van der Waals surface area contributed by atoms with Crippen molar-refractivity contribution >= 4 is 49.6 Å². The second kappa shape index (κ2) is 16.7. The van der Waals surface area contributed by atoms with Crippen molar-refractivity contribution in [3.63, 3.8) is 0 Å². The fraction of sp³-hybridized carbons (Fsp3) is 0.0741. The van der Waals surface area contributed by atoms with Gasteiger partial charge in [0.05, 0.1) is 0 Å². The van der Waals surface area contributed by atoms with E-state index in [9.17, 15) is 0 Å². The van der Waals surface area contributed by atoms with E-state index in [2.05, 4.69) is 134 Å². The van der Waals surface area contributed by atoms with Gasteiger partial charge in [-0.3, -0.25) is 0 Å². The standard InChI is InChI=1S/C31H22O.C21H17NO.C2H6/c1-21-9-7-12-23(19-21)24-13-8-14-25(20-24)27-18-17-26(22-10-3-2-4-11-22)30-28-15-5-6-16-29(28)32-31(27)30;22-18(15-7-2-1-3-8-15)14-13-16-9-6-12-20-21(16)17-10-4-5-11-19(17)23-20;1-2/h2-20H,1H3;1-12,14H,13,22H2;1-2H3/b;18-14-;. The molecule has 10 aromatic rings. The molecule has 0 aliphatic rings. The van der Waals surface area contributed by atoms with Crippen molar-refractivity contribution < 1.29 is 8.83 Å². The van der Waals surface area contributed by atoms with Crippen molar-refractivity contribution in [2.75, 3.05) is 0 Å². The number of rotatable bonds is 6. The predicted octanol–water partition coefficient (Wildman–Crippen LogP) is 15.0. The van der Waals surface area contributed by atoms with E-state index in [1.165, 1.54) is 44.2 Å². The van der Waals surface area contributed by atoms with Gasteiger partial charge in [-0.1, -0.05) is 183 Å². The largest absolute Gasteiger partial charge is 0.456 e. The third-order valence-electron chi connectivity index (χ3n) is 10.3. The van der Waals surface area contributed by atoms with Crippen LogP contribution in [0.3, 0.4) is 0 Å². The smallest absolute Gasteiger partial charge is 0.143 e. The first-order valence-corrected chi connectivity index (χ1v) is 19.7. The fourth-order valence-corrected chi connectivity index (χ4v) is 7.59. The van der Waals surface area contributed by atoms with E-state index in [4.69, 9.17) is 14.6 Å². The van der Waals surface area contributed by atoms with Crippen LogP contribution in [-0.2, 0) is 6.42 Å². The van der Waals surface area contributed by atoms with Gasteiger partial charge in [0.2, 0.25) is 0 Å². The van der Waals surface area contributed by atoms with Gasteiger partial charge in [0.1, 0.15) is 22.3 Å². The Bertz CT molecular complexity index is 2970. The summed E-state index contributed by atoms with van der Waals surface area (Å²) < 4.78 is 12.4. The van der Waals surface area contributed by atoms with E-state index >= 15 is 0 Å². The summed E-state index contributed by atoms with van der Waals surface area (Å²) >= 11 is 0. The molecule has 2 heterocycles. The van der Waals surface area contributed by atoms with Crippen LogP contribution < -0.4 is 5.73 Å². The van der Waals surface area contributed by atoms with Crippen LogP contribution in [0.5, 0.6) is 0 Å². The maximum atomic E-state index is 6.46. The van der Waals surface area contributed by atoms with Crippen molar-refractivity contribution in [1.29, 1.82) is 0 Å². The SMILES string of the molecule is CC.Cc1cccc(-c2cccc(-c3ccc(-c4ccccc4)c4c3oc3ccccc34)c2)c1.N/C(=C\Cc1cccc2oc3ccccc3c12)c1ccccc1. The molecule has 0 radical (unpaired) electrons. The third-order valence-corrected chi connectivity index (χ3v) is 10.3. The molecule has 0 aliphatic heterocycles. The molecule has 3 nitrogen and oxygen atoms in total. The monoisotopic (exact) mass is 739 g/mol. The van der Waals surface area contributed by atoms with Crippen LogP contribution in [0.4, 0.5) is 0 Å². The molecule has 0 bridgehead atoms. The summed E-state index contributed by atoms with van der Waals surface area (Å²) in [4.78, 5) is 0. The Balaban J connectivity index is 0.000000161. The molecule has 0 spiro atoms. The summed E-state index contributed by atoms with van der Waals surface area (Å²) in [5, 5.41) is 4.66. The zero-order valence-corrected chi connectivity index (χ0v) is 32.6. The Kier molecular flexibility index (Phi) is 10.8. The first-order valence-electron chi connectivity index (χ1n) is 19.7. The lowest BCUT2D eigenvalue weighted by molar-refractivity contribution is 0.668. The van der Waals surface area contributed by atoms with Crippen LogP contribution in [0.25, 0.3) is 83.0 Å². The summed E-state index contributed by atoms with van der Waals surface area (Å²) in [6, 6.07) is 65.1. The minimum atomic E-state index is 0.779. The number of furan rings is 2. The summed E-state index contributed by atoms with van der Waals surface area (Å²) in [7, 11) is 0. The third kappa shape index (κ3) is 7.61. The molecular formula is C54H45NO2. The highest BCUT2D eigenvalue weighted by Gasteiger charge is 2.17. The Morgan fingerprint density at radius 1 is 0.474 bits per heavy atom. The Morgan fingerprint density at radius 2 is 1.02 bits per heavy atom. The van der Waals surface area contributed by atoms with Crippen LogP contribution in [0, 0.1) is 6.92 Å². The molecule has 0 fully saturated rings. The molecule has 278 valence electrons. The van der Waals surface area contributed by atoms with Gasteiger partial charge in [-0.15, -0.1) is 0 Å². The molecule has 8 aromatic carbocycles. The van der Waals surface area contributed by atoms with Gasteiger partial charge >= 0.3 is 0 Å². The highest BCUT2D eigenvalue weighted by molar-refractivity contribution is 6.16. The minimum absolute atomic E-state index is 0.779. The van der Waals surface area contributed by atoms with Crippen molar-refractivity contribution in [3.05, 3.63) is 211 Å². The van der Waals surface area contributed by atoms with Crippen molar-refractivity contribution in [2.45, 2.75) is 27.2 Å². The molecule has 0 saturated heterocycles. The molecule has 0 unspecified atom stereocenters. The van der Waals surface area contributed by atoms with E-state index < -0.39 is 0 Å². The fourth-order valence-electron chi connectivity index (χ4n) is 7.59. The lowest BCUT2D eigenvalue weighted by atomic mass is 9.93. The van der Waals surface area contributed by atoms with E-state index in [1.807, 2.05) is 80.6 Å². The average Bonchev–Trinajstić information content (AvgIpc) is 3.86. The summed E-state index contributed by atoms with van der Waals surface area (Å²) in [6.45, 7) is 6.13. The molecule has 0 saturated carbocycles. The summed E-state index contributed by atoms with van der Waals surface area (Å²) in [5.41, 5.74) is 21.4. The van der Waals surface area contributed by atoms with Crippen molar-refractivity contribution in [1.82, 2.24) is 0 Å². The number of aryl methyl sites for hydroxylation is 1. The molecule has 3 heteroatoms. The van der Waals surface area contributed by atoms with Gasteiger partial charge in [0, 0.05) is 32.8 Å². The Hall–Kier alpha value is -7.10. The zero-order valence-electron chi connectivity index (χ0n) is 32.6. The number of fused-ring (bicyclic) bond motifs is 6. The lowest BCUT2D eigenvalue weighted by Crippen LogP contribution is -1.97. The van der Waals surface area contributed by atoms with Gasteiger partial charge in [0.25, 0.3) is 0 Å². The summed E-state index contributed by atoms with van der Waals surface area (Å²) in [5.74, 6) is 0. The van der Waals surface area contributed by atoms with Crippen LogP contribution in [0.15, 0.2) is 203 Å². The molecule has 0 amide bonds. The molecule has 0 aliphatic carbocycles. The molecule has 0 atom stereocenters. The average molecular weight is 740 g/mol. The number of hydrogen-bond donors (Lipinski definition) is 1. The lowest BCUT2D eigenvalue weighted by Gasteiger charge is -2.10. The second-order valence-corrected chi connectivity index (χ2v) is 13.9. The first kappa shape index (κ1) is 36.9. The highest BCUT2D eigenvalue weighted by atomic mass is 16.3. The molecule has 2 aromatic heterocycles. The van der Waals surface area contributed by atoms with Crippen LogP contribution in [0.1, 0.15) is 30.5 Å². The zero-order chi connectivity index (χ0) is 39.1. The molecule has 10 rings (SSSR count). The summed E-state index contributed by atoms with van der Waals surface area (Å²) in [6.07, 6.45) is 2.85. The Morgan fingerprint density at radius 3 is 1.75 bits per heavy atom. The van der Waals surface area contributed by atoms with Gasteiger partial charge in [-0.2, -0.15) is 0 Å². The quantitative estimate of drug-likeness (QED) is 0.185. The van der Waals surface area contributed by atoms with Crippen molar-refractivity contribution in [2.24, 2.45) is 5.73 Å². The highest BCUT2D eigenvalue weighted by Crippen LogP contribution is 2.42. The normalized spacial score (nSPS) is 11.3.